The van der Waals surface area contributed by atoms with E-state index in [9.17, 15) is 9.18 Å². The lowest BCUT2D eigenvalue weighted by Gasteiger charge is -2.06. The van der Waals surface area contributed by atoms with Crippen molar-refractivity contribution < 1.29 is 13.6 Å². The van der Waals surface area contributed by atoms with Crippen LogP contribution in [0, 0.1) is 19.7 Å². The first-order chi connectivity index (χ1) is 8.49. The number of anilines is 1. The molecule has 18 heavy (non-hydrogen) atoms. The molecule has 0 aliphatic carbocycles. The van der Waals surface area contributed by atoms with E-state index in [-0.39, 0.29) is 10.7 Å². The summed E-state index contributed by atoms with van der Waals surface area (Å²) in [6, 6.07) is 6.03. The number of amides is 1. The Bertz CT molecular complexity index is 607. The van der Waals surface area contributed by atoms with E-state index >= 15 is 0 Å². The first-order valence-electron chi connectivity index (χ1n) is 5.31. The smallest absolute Gasteiger partial charge is 0.259 e. The van der Waals surface area contributed by atoms with Crippen molar-refractivity contribution in [1.82, 2.24) is 0 Å². The molecule has 0 saturated carbocycles. The number of carbonyl (C=O) groups excluding carboxylic acids is 1. The molecule has 0 aliphatic heterocycles. The Labute approximate surface area is 109 Å². The van der Waals surface area contributed by atoms with Crippen LogP contribution in [0.15, 0.2) is 28.7 Å². The van der Waals surface area contributed by atoms with Gasteiger partial charge in [-0.05, 0) is 32.0 Å². The van der Waals surface area contributed by atoms with Gasteiger partial charge in [-0.15, -0.1) is 0 Å². The number of hydrogen-bond donors (Lipinski definition) is 1. The predicted octanol–water partition coefficient (Wildman–Crippen LogP) is 3.94. The molecule has 0 spiro atoms. The van der Waals surface area contributed by atoms with Crippen molar-refractivity contribution in [2.75, 3.05) is 5.32 Å². The topological polar surface area (TPSA) is 42.2 Å². The highest BCUT2D eigenvalue weighted by Gasteiger charge is 2.15. The zero-order valence-corrected chi connectivity index (χ0v) is 10.6. The molecule has 2 aromatic rings. The number of hydrogen-bond acceptors (Lipinski definition) is 2. The zero-order valence-electron chi connectivity index (χ0n) is 9.88. The quantitative estimate of drug-likeness (QED) is 0.895. The van der Waals surface area contributed by atoms with Crippen LogP contribution in [0.5, 0.6) is 0 Å². The fourth-order valence-corrected chi connectivity index (χ4v) is 1.82. The van der Waals surface area contributed by atoms with Crippen molar-refractivity contribution in [2.24, 2.45) is 0 Å². The number of rotatable bonds is 2. The van der Waals surface area contributed by atoms with Crippen LogP contribution in [0.4, 0.5) is 10.1 Å². The minimum Gasteiger partial charge on any atom is -0.466 e. The van der Waals surface area contributed by atoms with Crippen molar-refractivity contribution in [1.29, 1.82) is 0 Å². The van der Waals surface area contributed by atoms with Gasteiger partial charge in [0.15, 0.2) is 5.82 Å². The van der Waals surface area contributed by atoms with Gasteiger partial charge in [-0.1, -0.05) is 17.7 Å². The van der Waals surface area contributed by atoms with E-state index in [2.05, 4.69) is 5.32 Å². The second-order valence-electron chi connectivity index (χ2n) is 3.88. The molecule has 1 aromatic carbocycles. The molecular formula is C13H11ClFNO2. The summed E-state index contributed by atoms with van der Waals surface area (Å²) in [5, 5.41) is 2.43. The summed E-state index contributed by atoms with van der Waals surface area (Å²) in [5.41, 5.74) is 0.428. The molecule has 1 aromatic heterocycles. The van der Waals surface area contributed by atoms with E-state index in [0.717, 1.165) is 0 Å². The van der Waals surface area contributed by atoms with Crippen molar-refractivity contribution >= 4 is 23.2 Å². The van der Waals surface area contributed by atoms with Gasteiger partial charge in [0.1, 0.15) is 11.5 Å². The molecule has 1 N–H and O–H groups in total. The Morgan fingerprint density at radius 3 is 2.72 bits per heavy atom. The fourth-order valence-electron chi connectivity index (χ4n) is 1.65. The highest BCUT2D eigenvalue weighted by atomic mass is 35.5. The molecule has 1 amide bonds. The van der Waals surface area contributed by atoms with Crippen LogP contribution in [0.2, 0.25) is 5.02 Å². The molecule has 1 heterocycles. The summed E-state index contributed by atoms with van der Waals surface area (Å²) >= 11 is 5.63. The summed E-state index contributed by atoms with van der Waals surface area (Å²) < 4.78 is 18.9. The summed E-state index contributed by atoms with van der Waals surface area (Å²) in [5.74, 6) is 0.0487. The lowest BCUT2D eigenvalue weighted by Crippen LogP contribution is -2.13. The third kappa shape index (κ3) is 2.38. The number of benzene rings is 1. The highest BCUT2D eigenvalue weighted by Crippen LogP contribution is 2.23. The fraction of sp³-hybridized carbons (Fsp3) is 0.154. The van der Waals surface area contributed by atoms with Crippen molar-refractivity contribution in [2.45, 2.75) is 13.8 Å². The summed E-state index contributed by atoms with van der Waals surface area (Å²) in [7, 11) is 0. The molecule has 5 heteroatoms. The largest absolute Gasteiger partial charge is 0.466 e. The molecular weight excluding hydrogens is 257 g/mol. The van der Waals surface area contributed by atoms with Crippen LogP contribution >= 0.6 is 11.6 Å². The third-order valence-corrected chi connectivity index (χ3v) is 2.78. The number of halogens is 2. The minimum atomic E-state index is -0.648. The first kappa shape index (κ1) is 12.6. The maximum Gasteiger partial charge on any atom is 0.259 e. The maximum atomic E-state index is 13.6. The van der Waals surface area contributed by atoms with Crippen molar-refractivity contribution in [3.63, 3.8) is 0 Å². The number of nitrogens with one attached hydrogen (secondary N) is 1. The van der Waals surface area contributed by atoms with Gasteiger partial charge in [0.25, 0.3) is 5.91 Å². The molecule has 0 radical (unpaired) electrons. The Hall–Kier alpha value is -1.81. The van der Waals surface area contributed by atoms with Crippen molar-refractivity contribution in [3.8, 4) is 0 Å². The number of aryl methyl sites for hydroxylation is 2. The van der Waals surface area contributed by atoms with Gasteiger partial charge in [0.05, 0.1) is 16.3 Å². The van der Waals surface area contributed by atoms with Gasteiger partial charge in [0, 0.05) is 0 Å². The zero-order chi connectivity index (χ0) is 13.3. The molecule has 0 atom stereocenters. The van der Waals surface area contributed by atoms with Crippen LogP contribution in [0.25, 0.3) is 0 Å². The Morgan fingerprint density at radius 2 is 2.11 bits per heavy atom. The molecule has 0 bridgehead atoms. The van der Waals surface area contributed by atoms with E-state index in [1.165, 1.54) is 12.1 Å². The van der Waals surface area contributed by atoms with E-state index in [0.29, 0.717) is 17.1 Å². The van der Waals surface area contributed by atoms with E-state index in [1.54, 1.807) is 26.0 Å². The summed E-state index contributed by atoms with van der Waals surface area (Å²) in [6.07, 6.45) is 0. The second kappa shape index (κ2) is 4.82. The lowest BCUT2D eigenvalue weighted by atomic mass is 10.2. The lowest BCUT2D eigenvalue weighted by molar-refractivity contribution is 0.102. The van der Waals surface area contributed by atoms with Gasteiger partial charge in [-0.3, -0.25) is 4.79 Å². The third-order valence-electron chi connectivity index (χ3n) is 2.49. The monoisotopic (exact) mass is 267 g/mol. The predicted molar refractivity (Wildman–Crippen MR) is 67.5 cm³/mol. The van der Waals surface area contributed by atoms with Crippen LogP contribution < -0.4 is 5.32 Å². The normalized spacial score (nSPS) is 10.4. The summed E-state index contributed by atoms with van der Waals surface area (Å²) in [4.78, 5) is 11.9. The first-order valence-corrected chi connectivity index (χ1v) is 5.69. The second-order valence-corrected chi connectivity index (χ2v) is 4.29. The number of carbonyl (C=O) groups is 1. The minimum absolute atomic E-state index is 0.0344. The Kier molecular flexibility index (Phi) is 3.39. The number of furan rings is 1. The average molecular weight is 268 g/mol. The van der Waals surface area contributed by atoms with Gasteiger partial charge < -0.3 is 9.73 Å². The molecule has 0 unspecified atom stereocenters. The molecule has 2 rings (SSSR count). The molecule has 0 aliphatic rings. The Morgan fingerprint density at radius 1 is 1.39 bits per heavy atom. The molecule has 0 saturated heterocycles. The molecule has 3 nitrogen and oxygen atoms in total. The highest BCUT2D eigenvalue weighted by molar-refractivity contribution is 6.31. The van der Waals surface area contributed by atoms with Gasteiger partial charge in [-0.2, -0.15) is 0 Å². The summed E-state index contributed by atoms with van der Waals surface area (Å²) in [6.45, 7) is 3.42. The van der Waals surface area contributed by atoms with Crippen LogP contribution in [0.1, 0.15) is 21.9 Å². The van der Waals surface area contributed by atoms with Crippen LogP contribution in [-0.4, -0.2) is 5.91 Å². The standard InChI is InChI=1S/C13H11ClFNO2/c1-7-6-9(8(2)18-7)13(17)16-11-5-3-4-10(14)12(11)15/h3-6H,1-2H3,(H,16,17). The van der Waals surface area contributed by atoms with E-state index in [4.69, 9.17) is 16.0 Å². The maximum absolute atomic E-state index is 13.6. The van der Waals surface area contributed by atoms with E-state index in [1.807, 2.05) is 0 Å². The van der Waals surface area contributed by atoms with Crippen LogP contribution in [0.3, 0.4) is 0 Å². The van der Waals surface area contributed by atoms with Crippen LogP contribution in [-0.2, 0) is 0 Å². The van der Waals surface area contributed by atoms with Gasteiger partial charge in [0.2, 0.25) is 0 Å². The van der Waals surface area contributed by atoms with E-state index < -0.39 is 11.7 Å². The van der Waals surface area contributed by atoms with Gasteiger partial charge >= 0.3 is 0 Å². The Balaban J connectivity index is 2.27. The average Bonchev–Trinajstić information content (AvgIpc) is 2.64. The van der Waals surface area contributed by atoms with Gasteiger partial charge in [-0.25, -0.2) is 4.39 Å². The molecule has 94 valence electrons. The SMILES string of the molecule is Cc1cc(C(=O)Nc2cccc(Cl)c2F)c(C)o1. The van der Waals surface area contributed by atoms with Crippen molar-refractivity contribution in [3.05, 3.63) is 52.2 Å². The molecule has 0 fully saturated rings.